The Kier molecular flexibility index (Phi) is 4.70. The Morgan fingerprint density at radius 1 is 1.27 bits per heavy atom. The number of hydrogen-bond acceptors (Lipinski definition) is 6. The molecule has 6 nitrogen and oxygen atoms in total. The summed E-state index contributed by atoms with van der Waals surface area (Å²) in [7, 11) is 5.66. The van der Waals surface area contributed by atoms with Gasteiger partial charge in [-0.15, -0.1) is 0 Å². The highest BCUT2D eigenvalue weighted by Gasteiger charge is 2.53. The second kappa shape index (κ2) is 6.06. The number of carbonyl (C=O) groups is 1. The highest BCUT2D eigenvalue weighted by molar-refractivity contribution is 8.13. The van der Waals surface area contributed by atoms with Gasteiger partial charge in [-0.1, -0.05) is 6.07 Å². The van der Waals surface area contributed by atoms with Crippen LogP contribution in [0.3, 0.4) is 0 Å². The van der Waals surface area contributed by atoms with Crippen molar-refractivity contribution in [3.63, 3.8) is 0 Å². The van der Waals surface area contributed by atoms with Crippen LogP contribution in [0.1, 0.15) is 18.4 Å². The molecule has 0 aliphatic heterocycles. The Bertz CT molecular complexity index is 679. The normalized spacial score (nSPS) is 24.5. The van der Waals surface area contributed by atoms with Gasteiger partial charge in [0, 0.05) is 17.8 Å². The Balaban J connectivity index is 2.53. The molecule has 0 spiro atoms. The molecule has 0 aromatic heterocycles. The number of esters is 1. The molecule has 0 saturated heterocycles. The van der Waals surface area contributed by atoms with E-state index in [-0.39, 0.29) is 16.7 Å². The summed E-state index contributed by atoms with van der Waals surface area (Å²) in [5.74, 6) is -0.301. The van der Waals surface area contributed by atoms with Gasteiger partial charge in [-0.25, -0.2) is 8.42 Å². The molecule has 0 amide bonds. The molecule has 1 saturated carbocycles. The third kappa shape index (κ3) is 2.80. The number of ether oxygens (including phenoxy) is 3. The van der Waals surface area contributed by atoms with Crippen LogP contribution in [-0.4, -0.2) is 41.8 Å². The van der Waals surface area contributed by atoms with E-state index in [0.717, 1.165) is 0 Å². The molecule has 1 aromatic rings. The molecule has 0 unspecified atom stereocenters. The van der Waals surface area contributed by atoms with Gasteiger partial charge in [0.05, 0.1) is 25.7 Å². The van der Waals surface area contributed by atoms with E-state index in [1.807, 2.05) is 0 Å². The van der Waals surface area contributed by atoms with E-state index >= 15 is 0 Å². The van der Waals surface area contributed by atoms with Crippen LogP contribution in [-0.2, 0) is 28.7 Å². The Hall–Kier alpha value is -1.31. The van der Waals surface area contributed by atoms with Crippen molar-refractivity contribution in [2.24, 2.45) is 0 Å². The van der Waals surface area contributed by atoms with Crippen LogP contribution in [0.25, 0.3) is 0 Å². The first-order valence-electron chi connectivity index (χ1n) is 6.53. The monoisotopic (exact) mass is 348 g/mol. The highest BCUT2D eigenvalue weighted by atomic mass is 35.7. The van der Waals surface area contributed by atoms with Gasteiger partial charge in [0.25, 0.3) is 9.05 Å². The predicted molar refractivity (Wildman–Crippen MR) is 79.8 cm³/mol. The second-order valence-electron chi connectivity index (χ2n) is 5.14. The summed E-state index contributed by atoms with van der Waals surface area (Å²) in [6.07, 6.45) is 0.770. The first-order valence-corrected chi connectivity index (χ1v) is 8.84. The van der Waals surface area contributed by atoms with E-state index in [9.17, 15) is 13.2 Å². The molecule has 1 aromatic carbocycles. The van der Waals surface area contributed by atoms with Crippen LogP contribution in [0.4, 0.5) is 0 Å². The van der Waals surface area contributed by atoms with Crippen LogP contribution in [0.5, 0.6) is 5.75 Å². The molecule has 2 rings (SSSR count). The lowest BCUT2D eigenvalue weighted by Gasteiger charge is -2.44. The maximum absolute atomic E-state index is 12.2. The summed E-state index contributed by atoms with van der Waals surface area (Å²) in [5, 5.41) is 0. The van der Waals surface area contributed by atoms with Crippen molar-refractivity contribution in [3.05, 3.63) is 23.8 Å². The molecule has 0 bridgehead atoms. The van der Waals surface area contributed by atoms with E-state index in [4.69, 9.17) is 24.9 Å². The zero-order valence-electron chi connectivity index (χ0n) is 12.5. The van der Waals surface area contributed by atoms with Gasteiger partial charge >= 0.3 is 5.97 Å². The molecule has 8 heteroatoms. The maximum Gasteiger partial charge on any atom is 0.316 e. The number of methoxy groups -OCH3 is 3. The summed E-state index contributed by atoms with van der Waals surface area (Å²) >= 11 is 0. The quantitative estimate of drug-likeness (QED) is 0.596. The number of hydrogen-bond donors (Lipinski definition) is 0. The van der Waals surface area contributed by atoms with Crippen molar-refractivity contribution in [3.8, 4) is 5.75 Å². The minimum Gasteiger partial charge on any atom is -0.495 e. The molecule has 1 aliphatic carbocycles. The average molecular weight is 349 g/mol. The van der Waals surface area contributed by atoms with E-state index < -0.39 is 20.4 Å². The van der Waals surface area contributed by atoms with Gasteiger partial charge in [-0.3, -0.25) is 4.79 Å². The van der Waals surface area contributed by atoms with Gasteiger partial charge in [-0.05, 0) is 30.5 Å². The van der Waals surface area contributed by atoms with Gasteiger partial charge in [0.15, 0.2) is 0 Å². The maximum atomic E-state index is 12.2. The molecule has 0 N–H and O–H groups in total. The zero-order chi connectivity index (χ0) is 16.5. The lowest BCUT2D eigenvalue weighted by molar-refractivity contribution is -0.158. The first-order chi connectivity index (χ1) is 10.3. The molecular weight excluding hydrogens is 332 g/mol. The largest absolute Gasteiger partial charge is 0.495 e. The Morgan fingerprint density at radius 2 is 1.91 bits per heavy atom. The van der Waals surface area contributed by atoms with Crippen LogP contribution in [0.15, 0.2) is 23.1 Å². The predicted octanol–water partition coefficient (Wildman–Crippen LogP) is 1.84. The Morgan fingerprint density at radius 3 is 2.36 bits per heavy atom. The second-order valence-corrected chi connectivity index (χ2v) is 7.68. The molecule has 1 fully saturated rings. The lowest BCUT2D eigenvalue weighted by atomic mass is 9.62. The molecule has 0 radical (unpaired) electrons. The van der Waals surface area contributed by atoms with Crippen LogP contribution in [0, 0.1) is 0 Å². The number of carbonyl (C=O) groups excluding carboxylic acids is 1. The van der Waals surface area contributed by atoms with E-state index in [1.54, 1.807) is 13.2 Å². The average Bonchev–Trinajstić information content (AvgIpc) is 2.45. The first kappa shape index (κ1) is 17.1. The van der Waals surface area contributed by atoms with E-state index in [0.29, 0.717) is 18.4 Å². The topological polar surface area (TPSA) is 78.9 Å². The van der Waals surface area contributed by atoms with Crippen LogP contribution < -0.4 is 4.74 Å². The van der Waals surface area contributed by atoms with Crippen LogP contribution in [0.2, 0.25) is 0 Å². The summed E-state index contributed by atoms with van der Waals surface area (Å²) in [6, 6.07) is 4.49. The SMILES string of the molecule is COC(=O)C1(c2ccc(OC)c(S(=O)(=O)Cl)c2)CC(OC)C1. The van der Waals surface area contributed by atoms with Gasteiger partial charge in [-0.2, -0.15) is 0 Å². The Labute approximate surface area is 133 Å². The van der Waals surface area contributed by atoms with Crippen molar-refractivity contribution >= 4 is 25.7 Å². The van der Waals surface area contributed by atoms with Gasteiger partial charge in [0.2, 0.25) is 0 Å². The van der Waals surface area contributed by atoms with Gasteiger partial charge < -0.3 is 14.2 Å². The summed E-state index contributed by atoms with van der Waals surface area (Å²) in [4.78, 5) is 12.0. The molecular formula is C14H17ClO6S. The number of halogens is 1. The van der Waals surface area contributed by atoms with Crippen LogP contribution >= 0.6 is 10.7 Å². The van der Waals surface area contributed by atoms with Crippen molar-refractivity contribution in [1.82, 2.24) is 0 Å². The minimum atomic E-state index is -4.00. The lowest BCUT2D eigenvalue weighted by Crippen LogP contribution is -2.51. The minimum absolute atomic E-state index is 0.0720. The smallest absolute Gasteiger partial charge is 0.316 e. The van der Waals surface area contributed by atoms with Crippen molar-refractivity contribution < 1.29 is 27.4 Å². The molecule has 1 aliphatic rings. The number of benzene rings is 1. The molecule has 122 valence electrons. The third-order valence-electron chi connectivity index (χ3n) is 4.04. The van der Waals surface area contributed by atoms with Crippen molar-refractivity contribution in [2.75, 3.05) is 21.3 Å². The fourth-order valence-electron chi connectivity index (χ4n) is 2.76. The zero-order valence-corrected chi connectivity index (χ0v) is 14.0. The molecule has 22 heavy (non-hydrogen) atoms. The summed E-state index contributed by atoms with van der Waals surface area (Å²) in [6.45, 7) is 0. The fraction of sp³-hybridized carbons (Fsp3) is 0.500. The molecule has 0 heterocycles. The van der Waals surface area contributed by atoms with Crippen molar-refractivity contribution in [1.29, 1.82) is 0 Å². The van der Waals surface area contributed by atoms with Crippen molar-refractivity contribution in [2.45, 2.75) is 29.3 Å². The van der Waals surface area contributed by atoms with E-state index in [1.165, 1.54) is 26.4 Å². The summed E-state index contributed by atoms with van der Waals surface area (Å²) < 4.78 is 38.5. The summed E-state index contributed by atoms with van der Waals surface area (Å²) in [5.41, 5.74) is -0.398. The van der Waals surface area contributed by atoms with Gasteiger partial charge in [0.1, 0.15) is 10.6 Å². The number of rotatable bonds is 5. The standard InChI is InChI=1S/C14H17ClO6S/c1-19-10-7-14(8-10,13(16)21-3)9-4-5-11(20-2)12(6-9)22(15,17)18/h4-6,10H,7-8H2,1-3H3. The van der Waals surface area contributed by atoms with E-state index in [2.05, 4.69) is 0 Å². The molecule has 0 atom stereocenters. The fourth-order valence-corrected chi connectivity index (χ4v) is 3.79. The highest BCUT2D eigenvalue weighted by Crippen LogP contribution is 2.47. The third-order valence-corrected chi connectivity index (χ3v) is 5.38.